The molecule has 2 aliphatic carbocycles. The summed E-state index contributed by atoms with van der Waals surface area (Å²) in [6.07, 6.45) is 2.78. The van der Waals surface area contributed by atoms with Crippen molar-refractivity contribution in [3.8, 4) is 0 Å². The average Bonchev–Trinajstić information content (AvgIpc) is 2.78. The SMILES string of the molecule is N[C@@H](CC1CC2(C1)CC(F)(F)C2)c1nc2ccccc2[nH]1. The molecule has 4 rings (SSSR count). The zero-order chi connectivity index (χ0) is 14.7. The van der Waals surface area contributed by atoms with E-state index >= 15 is 0 Å². The van der Waals surface area contributed by atoms with E-state index in [2.05, 4.69) is 9.97 Å². The highest BCUT2D eigenvalue weighted by atomic mass is 19.3. The molecule has 3 N–H and O–H groups in total. The molecule has 112 valence electrons. The van der Waals surface area contributed by atoms with Gasteiger partial charge in [-0.2, -0.15) is 0 Å². The van der Waals surface area contributed by atoms with Crippen LogP contribution in [0.25, 0.3) is 11.0 Å². The number of benzene rings is 1. The second kappa shape index (κ2) is 4.26. The molecular weight excluding hydrogens is 272 g/mol. The summed E-state index contributed by atoms with van der Waals surface area (Å²) in [4.78, 5) is 7.77. The summed E-state index contributed by atoms with van der Waals surface area (Å²) in [7, 11) is 0. The molecule has 5 heteroatoms. The fourth-order valence-corrected chi connectivity index (χ4v) is 4.28. The number of nitrogens with one attached hydrogen (secondary N) is 1. The fourth-order valence-electron chi connectivity index (χ4n) is 4.28. The number of halogens is 2. The standard InChI is InChI=1S/C16H19F2N3/c17-16(18)8-15(9-16)6-10(7-15)5-11(19)14-20-12-3-1-2-4-13(12)21-14/h1-4,10-11H,5-9,19H2,(H,20,21)/t11-/m0/s1. The van der Waals surface area contributed by atoms with Gasteiger partial charge in [0.15, 0.2) is 0 Å². The Kier molecular flexibility index (Phi) is 2.67. The van der Waals surface area contributed by atoms with Gasteiger partial charge >= 0.3 is 0 Å². The maximum absolute atomic E-state index is 13.0. The summed E-state index contributed by atoms with van der Waals surface area (Å²) in [6, 6.07) is 7.71. The molecule has 0 amide bonds. The van der Waals surface area contributed by atoms with E-state index in [0.717, 1.165) is 36.1 Å². The monoisotopic (exact) mass is 291 g/mol. The number of imidazole rings is 1. The van der Waals surface area contributed by atoms with Crippen molar-refractivity contribution in [2.45, 2.75) is 44.1 Å². The Morgan fingerprint density at radius 1 is 1.29 bits per heavy atom. The summed E-state index contributed by atoms with van der Waals surface area (Å²) in [5.41, 5.74) is 8.08. The first kappa shape index (κ1) is 13.2. The second-order valence-electron chi connectivity index (χ2n) is 6.97. The molecule has 2 fully saturated rings. The van der Waals surface area contributed by atoms with Crippen LogP contribution in [0.1, 0.15) is 44.0 Å². The number of H-pyrrole nitrogens is 1. The molecule has 2 saturated carbocycles. The molecule has 1 spiro atoms. The van der Waals surface area contributed by atoms with Crippen LogP contribution in [-0.2, 0) is 0 Å². The molecule has 1 aromatic heterocycles. The lowest BCUT2D eigenvalue weighted by Crippen LogP contribution is -2.53. The zero-order valence-corrected chi connectivity index (χ0v) is 11.8. The number of nitrogens with zero attached hydrogens (tertiary/aromatic N) is 1. The summed E-state index contributed by atoms with van der Waals surface area (Å²) in [5, 5.41) is 0. The predicted molar refractivity (Wildman–Crippen MR) is 77.0 cm³/mol. The van der Waals surface area contributed by atoms with Gasteiger partial charge in [0.1, 0.15) is 5.82 Å². The molecule has 0 radical (unpaired) electrons. The highest BCUT2D eigenvalue weighted by molar-refractivity contribution is 5.74. The number of hydrogen-bond acceptors (Lipinski definition) is 2. The van der Waals surface area contributed by atoms with E-state index in [4.69, 9.17) is 5.73 Å². The number of para-hydroxylation sites is 2. The molecule has 2 aliphatic rings. The maximum Gasteiger partial charge on any atom is 0.249 e. The number of aromatic nitrogens is 2. The van der Waals surface area contributed by atoms with Gasteiger partial charge in [0.05, 0.1) is 17.1 Å². The summed E-state index contributed by atoms with van der Waals surface area (Å²) < 4.78 is 26.0. The molecule has 3 nitrogen and oxygen atoms in total. The van der Waals surface area contributed by atoms with Gasteiger partial charge in [-0.05, 0) is 42.7 Å². The van der Waals surface area contributed by atoms with E-state index < -0.39 is 5.92 Å². The van der Waals surface area contributed by atoms with Crippen molar-refractivity contribution >= 4 is 11.0 Å². The second-order valence-corrected chi connectivity index (χ2v) is 6.97. The third-order valence-electron chi connectivity index (χ3n) is 5.06. The van der Waals surface area contributed by atoms with Crippen molar-refractivity contribution in [3.63, 3.8) is 0 Å². The van der Waals surface area contributed by atoms with Crippen LogP contribution < -0.4 is 5.73 Å². The van der Waals surface area contributed by atoms with Crippen molar-refractivity contribution in [1.29, 1.82) is 0 Å². The largest absolute Gasteiger partial charge is 0.341 e. The molecule has 0 saturated heterocycles. The molecule has 1 aromatic carbocycles. The van der Waals surface area contributed by atoms with Crippen molar-refractivity contribution in [3.05, 3.63) is 30.1 Å². The third-order valence-corrected chi connectivity index (χ3v) is 5.06. The van der Waals surface area contributed by atoms with Crippen molar-refractivity contribution < 1.29 is 8.78 Å². The summed E-state index contributed by atoms with van der Waals surface area (Å²) >= 11 is 0. The van der Waals surface area contributed by atoms with Gasteiger partial charge in [0.25, 0.3) is 0 Å². The molecule has 2 aromatic rings. The van der Waals surface area contributed by atoms with Crippen molar-refractivity contribution in [1.82, 2.24) is 9.97 Å². The minimum atomic E-state index is -2.41. The minimum absolute atomic E-state index is 0.0677. The van der Waals surface area contributed by atoms with Crippen LogP contribution in [0.15, 0.2) is 24.3 Å². The highest BCUT2D eigenvalue weighted by Crippen LogP contribution is 2.65. The third kappa shape index (κ3) is 2.24. The number of aromatic amines is 1. The molecule has 0 bridgehead atoms. The Labute approximate surface area is 121 Å². The quantitative estimate of drug-likeness (QED) is 0.904. The van der Waals surface area contributed by atoms with E-state index in [9.17, 15) is 8.78 Å². The fraction of sp³-hybridized carbons (Fsp3) is 0.562. The Bertz CT molecular complexity index is 630. The molecule has 21 heavy (non-hydrogen) atoms. The maximum atomic E-state index is 13.0. The van der Waals surface area contributed by atoms with Gasteiger partial charge in [0, 0.05) is 12.8 Å². The van der Waals surface area contributed by atoms with Gasteiger partial charge < -0.3 is 10.7 Å². The lowest BCUT2D eigenvalue weighted by molar-refractivity contribution is -0.207. The number of rotatable bonds is 3. The van der Waals surface area contributed by atoms with Crippen LogP contribution in [0.5, 0.6) is 0 Å². The normalized spacial score (nSPS) is 24.7. The highest BCUT2D eigenvalue weighted by Gasteiger charge is 2.61. The molecule has 0 aliphatic heterocycles. The predicted octanol–water partition coefficient (Wildman–Crippen LogP) is 3.78. The first-order chi connectivity index (χ1) is 9.95. The van der Waals surface area contributed by atoms with Crippen molar-refractivity contribution in [2.75, 3.05) is 0 Å². The minimum Gasteiger partial charge on any atom is -0.341 e. The van der Waals surface area contributed by atoms with Crippen LogP contribution in [0.3, 0.4) is 0 Å². The van der Waals surface area contributed by atoms with E-state index in [-0.39, 0.29) is 24.3 Å². The van der Waals surface area contributed by atoms with Crippen LogP contribution >= 0.6 is 0 Å². The van der Waals surface area contributed by atoms with E-state index in [1.54, 1.807) is 0 Å². The Hall–Kier alpha value is -1.49. The zero-order valence-electron chi connectivity index (χ0n) is 11.8. The lowest BCUT2D eigenvalue weighted by atomic mass is 9.49. The molecule has 0 unspecified atom stereocenters. The molecular formula is C16H19F2N3. The number of nitrogens with two attached hydrogens (primary N) is 1. The van der Waals surface area contributed by atoms with E-state index in [1.165, 1.54) is 0 Å². The number of alkyl halides is 2. The van der Waals surface area contributed by atoms with Crippen LogP contribution in [0.2, 0.25) is 0 Å². The van der Waals surface area contributed by atoms with Crippen LogP contribution in [-0.4, -0.2) is 15.9 Å². The topological polar surface area (TPSA) is 54.7 Å². The Morgan fingerprint density at radius 2 is 2.00 bits per heavy atom. The van der Waals surface area contributed by atoms with Gasteiger partial charge in [-0.3, -0.25) is 0 Å². The molecule has 1 atom stereocenters. The van der Waals surface area contributed by atoms with Gasteiger partial charge in [-0.1, -0.05) is 12.1 Å². The van der Waals surface area contributed by atoms with E-state index in [1.807, 2.05) is 24.3 Å². The van der Waals surface area contributed by atoms with Crippen molar-refractivity contribution in [2.24, 2.45) is 17.1 Å². The Balaban J connectivity index is 1.38. The number of hydrogen-bond donors (Lipinski definition) is 2. The van der Waals surface area contributed by atoms with Gasteiger partial charge in [-0.25, -0.2) is 13.8 Å². The first-order valence-corrected chi connectivity index (χ1v) is 7.53. The smallest absolute Gasteiger partial charge is 0.249 e. The van der Waals surface area contributed by atoms with Crippen LogP contribution in [0, 0.1) is 11.3 Å². The van der Waals surface area contributed by atoms with E-state index in [0.29, 0.717) is 5.92 Å². The van der Waals surface area contributed by atoms with Crippen LogP contribution in [0.4, 0.5) is 8.78 Å². The van der Waals surface area contributed by atoms with Gasteiger partial charge in [-0.15, -0.1) is 0 Å². The first-order valence-electron chi connectivity index (χ1n) is 7.53. The lowest BCUT2D eigenvalue weighted by Gasteiger charge is -2.57. The summed E-state index contributed by atoms with van der Waals surface area (Å²) in [5.74, 6) is -1.15. The summed E-state index contributed by atoms with van der Waals surface area (Å²) in [6.45, 7) is 0. The Morgan fingerprint density at radius 3 is 2.67 bits per heavy atom. The average molecular weight is 291 g/mol. The molecule has 1 heterocycles. The number of fused-ring (bicyclic) bond motifs is 1. The van der Waals surface area contributed by atoms with Gasteiger partial charge in [0.2, 0.25) is 5.92 Å².